The Balaban J connectivity index is 1.59. The van der Waals surface area contributed by atoms with Crippen molar-refractivity contribution in [3.63, 3.8) is 0 Å². The molecule has 3 heteroatoms. The molecule has 0 radical (unpaired) electrons. The van der Waals surface area contributed by atoms with Crippen molar-refractivity contribution in [3.8, 4) is 0 Å². The van der Waals surface area contributed by atoms with E-state index >= 15 is 0 Å². The lowest BCUT2D eigenvalue weighted by atomic mass is 10.0. The average molecular weight is 240 g/mol. The van der Waals surface area contributed by atoms with Gasteiger partial charge in [-0.1, -0.05) is 6.42 Å². The summed E-state index contributed by atoms with van der Waals surface area (Å²) in [5, 5.41) is 9.11. The molecular weight excluding hydrogens is 212 g/mol. The zero-order valence-electron chi connectivity index (χ0n) is 11.3. The molecule has 2 atom stereocenters. The molecule has 2 saturated heterocycles. The SMILES string of the molecule is CC1CCCCN1CCCN1CCC(CO)C1. The molecule has 0 aliphatic carbocycles. The summed E-state index contributed by atoms with van der Waals surface area (Å²) in [6.07, 6.45) is 6.68. The van der Waals surface area contributed by atoms with Gasteiger partial charge in [-0.3, -0.25) is 0 Å². The van der Waals surface area contributed by atoms with E-state index in [9.17, 15) is 0 Å². The van der Waals surface area contributed by atoms with Crippen LogP contribution in [0.4, 0.5) is 0 Å². The maximum Gasteiger partial charge on any atom is 0.0471 e. The van der Waals surface area contributed by atoms with E-state index in [-0.39, 0.29) is 0 Å². The molecule has 0 bridgehead atoms. The Labute approximate surface area is 106 Å². The quantitative estimate of drug-likeness (QED) is 0.790. The normalized spacial score (nSPS) is 32.1. The third-order valence-corrected chi connectivity index (χ3v) is 4.49. The highest BCUT2D eigenvalue weighted by atomic mass is 16.3. The summed E-state index contributed by atoms with van der Waals surface area (Å²) in [6.45, 7) is 8.85. The van der Waals surface area contributed by atoms with Gasteiger partial charge >= 0.3 is 0 Å². The Morgan fingerprint density at radius 3 is 2.71 bits per heavy atom. The number of aliphatic hydroxyl groups is 1. The van der Waals surface area contributed by atoms with Crippen LogP contribution in [0.1, 0.15) is 39.0 Å². The van der Waals surface area contributed by atoms with Gasteiger partial charge in [-0.15, -0.1) is 0 Å². The summed E-state index contributed by atoms with van der Waals surface area (Å²) < 4.78 is 0. The molecule has 0 amide bonds. The van der Waals surface area contributed by atoms with Crippen molar-refractivity contribution in [2.75, 3.05) is 39.3 Å². The van der Waals surface area contributed by atoms with Crippen LogP contribution in [0.2, 0.25) is 0 Å². The van der Waals surface area contributed by atoms with Gasteiger partial charge in [0.1, 0.15) is 0 Å². The van der Waals surface area contributed by atoms with Crippen LogP contribution in [0, 0.1) is 5.92 Å². The first-order valence-corrected chi connectivity index (χ1v) is 7.37. The van der Waals surface area contributed by atoms with Gasteiger partial charge in [0.15, 0.2) is 0 Å². The van der Waals surface area contributed by atoms with E-state index in [2.05, 4.69) is 16.7 Å². The van der Waals surface area contributed by atoms with Crippen LogP contribution in [0.5, 0.6) is 0 Å². The highest BCUT2D eigenvalue weighted by Gasteiger charge is 2.22. The lowest BCUT2D eigenvalue weighted by molar-refractivity contribution is 0.151. The number of hydrogen-bond acceptors (Lipinski definition) is 3. The standard InChI is InChI=1S/C14H28N2O/c1-13-5-2-3-8-16(13)9-4-7-15-10-6-14(11-15)12-17/h13-14,17H,2-12H2,1H3. The Morgan fingerprint density at radius 2 is 2.00 bits per heavy atom. The number of hydrogen-bond donors (Lipinski definition) is 1. The molecule has 100 valence electrons. The van der Waals surface area contributed by atoms with Gasteiger partial charge in [0.2, 0.25) is 0 Å². The summed E-state index contributed by atoms with van der Waals surface area (Å²) in [5.41, 5.74) is 0. The molecule has 0 spiro atoms. The van der Waals surface area contributed by atoms with Crippen molar-refractivity contribution in [2.24, 2.45) is 5.92 Å². The molecule has 2 aliphatic rings. The fourth-order valence-corrected chi connectivity index (χ4v) is 3.25. The van der Waals surface area contributed by atoms with Crippen molar-refractivity contribution >= 4 is 0 Å². The van der Waals surface area contributed by atoms with E-state index in [0.29, 0.717) is 12.5 Å². The number of piperidine rings is 1. The van der Waals surface area contributed by atoms with E-state index in [1.807, 2.05) is 0 Å². The molecule has 2 fully saturated rings. The Bertz CT molecular complexity index is 222. The smallest absolute Gasteiger partial charge is 0.0471 e. The Morgan fingerprint density at radius 1 is 1.12 bits per heavy atom. The van der Waals surface area contributed by atoms with Gasteiger partial charge in [0.05, 0.1) is 0 Å². The zero-order valence-corrected chi connectivity index (χ0v) is 11.3. The minimum Gasteiger partial charge on any atom is -0.396 e. The monoisotopic (exact) mass is 240 g/mol. The lowest BCUT2D eigenvalue weighted by Gasteiger charge is -2.33. The van der Waals surface area contributed by atoms with E-state index in [1.165, 1.54) is 58.3 Å². The molecule has 0 aromatic heterocycles. The van der Waals surface area contributed by atoms with Crippen molar-refractivity contribution in [1.29, 1.82) is 0 Å². The summed E-state index contributed by atoms with van der Waals surface area (Å²) >= 11 is 0. The first-order valence-electron chi connectivity index (χ1n) is 7.37. The van der Waals surface area contributed by atoms with E-state index in [4.69, 9.17) is 5.11 Å². The van der Waals surface area contributed by atoms with Crippen LogP contribution in [0.25, 0.3) is 0 Å². The first kappa shape index (κ1) is 13.3. The van der Waals surface area contributed by atoms with Crippen LogP contribution in [-0.4, -0.2) is 60.3 Å². The highest BCUT2D eigenvalue weighted by Crippen LogP contribution is 2.18. The van der Waals surface area contributed by atoms with E-state index in [1.54, 1.807) is 0 Å². The van der Waals surface area contributed by atoms with Crippen LogP contribution in [0.15, 0.2) is 0 Å². The minimum atomic E-state index is 0.375. The second-order valence-corrected chi connectivity index (χ2v) is 5.87. The zero-order chi connectivity index (χ0) is 12.1. The lowest BCUT2D eigenvalue weighted by Crippen LogP contribution is -2.39. The largest absolute Gasteiger partial charge is 0.396 e. The van der Waals surface area contributed by atoms with Crippen molar-refractivity contribution in [2.45, 2.75) is 45.1 Å². The molecule has 2 aliphatic heterocycles. The first-order chi connectivity index (χ1) is 8.29. The number of aliphatic hydroxyl groups excluding tert-OH is 1. The molecule has 2 heterocycles. The van der Waals surface area contributed by atoms with Crippen LogP contribution >= 0.6 is 0 Å². The van der Waals surface area contributed by atoms with Crippen LogP contribution < -0.4 is 0 Å². The van der Waals surface area contributed by atoms with Gasteiger partial charge in [0.25, 0.3) is 0 Å². The van der Waals surface area contributed by atoms with Gasteiger partial charge in [-0.05, 0) is 64.7 Å². The number of rotatable bonds is 5. The maximum absolute atomic E-state index is 9.11. The molecule has 17 heavy (non-hydrogen) atoms. The molecule has 2 unspecified atom stereocenters. The van der Waals surface area contributed by atoms with Gasteiger partial charge in [-0.2, -0.15) is 0 Å². The van der Waals surface area contributed by atoms with Crippen LogP contribution in [-0.2, 0) is 0 Å². The third-order valence-electron chi connectivity index (χ3n) is 4.49. The van der Waals surface area contributed by atoms with E-state index < -0.39 is 0 Å². The Hall–Kier alpha value is -0.120. The number of nitrogens with zero attached hydrogens (tertiary/aromatic N) is 2. The summed E-state index contributed by atoms with van der Waals surface area (Å²) in [7, 11) is 0. The van der Waals surface area contributed by atoms with Gasteiger partial charge in [0, 0.05) is 19.2 Å². The Kier molecular flexibility index (Phi) is 5.26. The molecule has 2 rings (SSSR count). The molecule has 3 nitrogen and oxygen atoms in total. The molecular formula is C14H28N2O. The maximum atomic E-state index is 9.11. The van der Waals surface area contributed by atoms with E-state index in [0.717, 1.165) is 12.6 Å². The molecule has 0 aromatic carbocycles. The second kappa shape index (κ2) is 6.72. The van der Waals surface area contributed by atoms with Crippen molar-refractivity contribution in [3.05, 3.63) is 0 Å². The van der Waals surface area contributed by atoms with Gasteiger partial charge < -0.3 is 14.9 Å². The van der Waals surface area contributed by atoms with Crippen molar-refractivity contribution in [1.82, 2.24) is 9.80 Å². The second-order valence-electron chi connectivity index (χ2n) is 5.87. The summed E-state index contributed by atoms with van der Waals surface area (Å²) in [6, 6.07) is 0.799. The predicted octanol–water partition coefficient (Wildman–Crippen LogP) is 1.57. The average Bonchev–Trinajstić information content (AvgIpc) is 2.80. The van der Waals surface area contributed by atoms with Crippen molar-refractivity contribution < 1.29 is 5.11 Å². The minimum absolute atomic E-state index is 0.375. The highest BCUT2D eigenvalue weighted by molar-refractivity contribution is 4.77. The molecule has 1 N–H and O–H groups in total. The summed E-state index contributed by atoms with van der Waals surface area (Å²) in [5.74, 6) is 0.545. The summed E-state index contributed by atoms with van der Waals surface area (Å²) in [4.78, 5) is 5.18. The fourth-order valence-electron chi connectivity index (χ4n) is 3.25. The number of likely N-dealkylation sites (tertiary alicyclic amines) is 2. The predicted molar refractivity (Wildman–Crippen MR) is 71.1 cm³/mol. The van der Waals surface area contributed by atoms with Crippen LogP contribution in [0.3, 0.4) is 0 Å². The molecule has 0 aromatic rings. The third kappa shape index (κ3) is 3.94. The topological polar surface area (TPSA) is 26.7 Å². The fraction of sp³-hybridized carbons (Fsp3) is 1.00. The van der Waals surface area contributed by atoms with Gasteiger partial charge in [-0.25, -0.2) is 0 Å². The molecule has 0 saturated carbocycles.